The predicted octanol–water partition coefficient (Wildman–Crippen LogP) is 10.0. The van der Waals surface area contributed by atoms with E-state index in [1.807, 2.05) is 36.4 Å². The molecule has 168 valence electrons. The lowest BCUT2D eigenvalue weighted by atomic mass is 9.91. The molecule has 8 heteroatoms. The third kappa shape index (κ3) is 7.54. The maximum atomic E-state index is 6.37. The molecule has 0 aliphatic rings. The number of anilines is 1. The van der Waals surface area contributed by atoms with Gasteiger partial charge < -0.3 is 0 Å². The number of nitrogens with one attached hydrogen (secondary N) is 1. The summed E-state index contributed by atoms with van der Waals surface area (Å²) in [5.74, 6) is 0. The Labute approximate surface area is 217 Å². The van der Waals surface area contributed by atoms with E-state index in [9.17, 15) is 0 Å². The zero-order valence-electron chi connectivity index (χ0n) is 17.8. The van der Waals surface area contributed by atoms with E-state index in [0.29, 0.717) is 20.8 Å². The van der Waals surface area contributed by atoms with Crippen LogP contribution in [0.15, 0.2) is 87.7 Å². The number of rotatable bonds is 8. The van der Waals surface area contributed by atoms with Crippen molar-refractivity contribution in [1.82, 2.24) is 0 Å². The van der Waals surface area contributed by atoms with E-state index < -0.39 is 0 Å². The van der Waals surface area contributed by atoms with Crippen LogP contribution in [0.5, 0.6) is 0 Å². The van der Waals surface area contributed by atoms with Gasteiger partial charge in [0.25, 0.3) is 0 Å². The fourth-order valence-electron chi connectivity index (χ4n) is 2.66. The first-order chi connectivity index (χ1) is 15.2. The van der Waals surface area contributed by atoms with Crippen LogP contribution in [0, 0.1) is 5.41 Å². The molecular formula is C24H23Cl3N2S3. The second-order valence-electron chi connectivity index (χ2n) is 7.86. The summed E-state index contributed by atoms with van der Waals surface area (Å²) in [6.07, 6.45) is 0. The molecule has 0 saturated heterocycles. The maximum Gasteiger partial charge on any atom is 0.106 e. The Morgan fingerprint density at radius 1 is 0.844 bits per heavy atom. The van der Waals surface area contributed by atoms with Crippen LogP contribution in [0.25, 0.3) is 0 Å². The van der Waals surface area contributed by atoms with Crippen LogP contribution in [0.2, 0.25) is 15.1 Å². The molecule has 2 nitrogen and oxygen atoms in total. The Bertz CT molecular complexity index is 1030. The van der Waals surface area contributed by atoms with Gasteiger partial charge in [-0.2, -0.15) is 5.10 Å². The van der Waals surface area contributed by atoms with E-state index in [0.717, 1.165) is 5.71 Å². The molecule has 0 spiro atoms. The molecule has 0 aliphatic carbocycles. The molecule has 3 aromatic rings. The monoisotopic (exact) mass is 540 g/mol. The third-order valence-electron chi connectivity index (χ3n) is 4.25. The molecule has 3 rings (SSSR count). The Kier molecular flexibility index (Phi) is 9.59. The Morgan fingerprint density at radius 3 is 1.91 bits per heavy atom. The van der Waals surface area contributed by atoms with Gasteiger partial charge >= 0.3 is 0 Å². The van der Waals surface area contributed by atoms with Crippen LogP contribution >= 0.6 is 68.2 Å². The van der Waals surface area contributed by atoms with Crippen molar-refractivity contribution in [2.24, 2.45) is 10.5 Å². The SMILES string of the molecule is CC(C)(C)/C(=N\Nc1c(Cl)cc(Cl)cc1Cl)[C@H](SSc1ccccc1)Sc1ccccc1. The smallest absolute Gasteiger partial charge is 0.106 e. The Hall–Kier alpha value is -0.950. The van der Waals surface area contributed by atoms with Gasteiger partial charge in [0.2, 0.25) is 0 Å². The lowest BCUT2D eigenvalue weighted by molar-refractivity contribution is 0.586. The third-order valence-corrected chi connectivity index (χ3v) is 9.39. The van der Waals surface area contributed by atoms with E-state index in [1.165, 1.54) is 9.79 Å². The second kappa shape index (κ2) is 12.0. The first-order valence-electron chi connectivity index (χ1n) is 9.83. The zero-order chi connectivity index (χ0) is 23.1. The van der Waals surface area contributed by atoms with E-state index in [2.05, 4.69) is 50.5 Å². The van der Waals surface area contributed by atoms with Crippen molar-refractivity contribution in [1.29, 1.82) is 0 Å². The van der Waals surface area contributed by atoms with Crippen LogP contribution < -0.4 is 5.43 Å². The molecule has 0 radical (unpaired) electrons. The molecule has 0 aliphatic heterocycles. The summed E-state index contributed by atoms with van der Waals surface area (Å²) in [5, 5.41) is 6.17. The highest BCUT2D eigenvalue weighted by molar-refractivity contribution is 8.78. The molecule has 32 heavy (non-hydrogen) atoms. The first-order valence-corrected chi connectivity index (χ1v) is 14.1. The minimum absolute atomic E-state index is 0.0416. The minimum Gasteiger partial charge on any atom is -0.275 e. The van der Waals surface area contributed by atoms with Crippen molar-refractivity contribution in [3.63, 3.8) is 0 Å². The van der Waals surface area contributed by atoms with Gasteiger partial charge in [0.15, 0.2) is 0 Å². The van der Waals surface area contributed by atoms with Gasteiger partial charge in [-0.1, -0.05) is 114 Å². The average molecular weight is 542 g/mol. The Morgan fingerprint density at radius 2 is 1.38 bits per heavy atom. The summed E-state index contributed by atoms with van der Waals surface area (Å²) in [7, 11) is 3.51. The molecule has 3 aromatic carbocycles. The van der Waals surface area contributed by atoms with E-state index >= 15 is 0 Å². The number of benzene rings is 3. The molecule has 0 fully saturated rings. The molecule has 0 saturated carbocycles. The van der Waals surface area contributed by atoms with Crippen molar-refractivity contribution in [3.8, 4) is 0 Å². The summed E-state index contributed by atoms with van der Waals surface area (Å²) in [5.41, 5.74) is 4.44. The number of thioether (sulfide) groups is 1. The van der Waals surface area contributed by atoms with E-state index in [-0.39, 0.29) is 10.00 Å². The molecule has 0 bridgehead atoms. The highest BCUT2D eigenvalue weighted by atomic mass is 35.5. The van der Waals surface area contributed by atoms with Crippen LogP contribution in [0.1, 0.15) is 20.8 Å². The van der Waals surface area contributed by atoms with Crippen molar-refractivity contribution < 1.29 is 0 Å². The first kappa shape index (κ1) is 25.7. The van der Waals surface area contributed by atoms with Gasteiger partial charge in [0.1, 0.15) is 4.58 Å². The van der Waals surface area contributed by atoms with Crippen molar-refractivity contribution in [3.05, 3.63) is 87.9 Å². The van der Waals surface area contributed by atoms with Gasteiger partial charge in [0, 0.05) is 20.2 Å². The molecule has 0 heterocycles. The molecule has 0 unspecified atom stereocenters. The fourth-order valence-corrected chi connectivity index (χ4v) is 8.00. The number of hydrazone groups is 1. The molecular weight excluding hydrogens is 519 g/mol. The predicted molar refractivity (Wildman–Crippen MR) is 148 cm³/mol. The van der Waals surface area contributed by atoms with Gasteiger partial charge in [-0.15, -0.1) is 11.8 Å². The molecule has 0 aromatic heterocycles. The summed E-state index contributed by atoms with van der Waals surface area (Å²) >= 11 is 20.6. The van der Waals surface area contributed by atoms with Crippen molar-refractivity contribution in [2.45, 2.75) is 35.1 Å². The quantitative estimate of drug-likeness (QED) is 0.101. The normalized spacial score (nSPS) is 13.1. The molecule has 0 amide bonds. The van der Waals surface area contributed by atoms with E-state index in [1.54, 1.807) is 45.5 Å². The second-order valence-corrected chi connectivity index (χ2v) is 13.0. The lowest BCUT2D eigenvalue weighted by Crippen LogP contribution is -2.29. The summed E-state index contributed by atoms with van der Waals surface area (Å²) < 4.78 is 0.0416. The van der Waals surface area contributed by atoms with E-state index in [4.69, 9.17) is 39.9 Å². The lowest BCUT2D eigenvalue weighted by Gasteiger charge is -2.28. The number of halogens is 3. The van der Waals surface area contributed by atoms with Crippen molar-refractivity contribution >= 4 is 79.6 Å². The molecule has 1 atom stereocenters. The minimum atomic E-state index is -0.199. The Balaban J connectivity index is 1.93. The number of hydrogen-bond acceptors (Lipinski definition) is 5. The van der Waals surface area contributed by atoms with Gasteiger partial charge in [0.05, 0.1) is 21.4 Å². The van der Waals surface area contributed by atoms with Crippen LogP contribution in [-0.2, 0) is 0 Å². The van der Waals surface area contributed by atoms with Gasteiger partial charge in [-0.05, 0) is 36.4 Å². The molecule has 1 N–H and O–H groups in total. The van der Waals surface area contributed by atoms with Gasteiger partial charge in [-0.25, -0.2) is 0 Å². The fraction of sp³-hybridized carbons (Fsp3) is 0.208. The number of nitrogens with zero attached hydrogens (tertiary/aromatic N) is 1. The number of hydrogen-bond donors (Lipinski definition) is 1. The maximum absolute atomic E-state index is 6.37. The average Bonchev–Trinajstić information content (AvgIpc) is 2.74. The summed E-state index contributed by atoms with van der Waals surface area (Å²) in [6, 6.07) is 24.0. The van der Waals surface area contributed by atoms with Crippen LogP contribution in [0.4, 0.5) is 5.69 Å². The van der Waals surface area contributed by atoms with Crippen LogP contribution in [0.3, 0.4) is 0 Å². The van der Waals surface area contributed by atoms with Crippen molar-refractivity contribution in [2.75, 3.05) is 5.43 Å². The largest absolute Gasteiger partial charge is 0.275 e. The highest BCUT2D eigenvalue weighted by Gasteiger charge is 2.30. The topological polar surface area (TPSA) is 24.4 Å². The zero-order valence-corrected chi connectivity index (χ0v) is 22.5. The van der Waals surface area contributed by atoms with Crippen LogP contribution in [-0.4, -0.2) is 10.3 Å². The standard InChI is InChI=1S/C24H23Cl3N2S3/c1-24(2,3)22(29-28-21-19(26)14-16(25)15-20(21)27)23(30-17-10-6-4-7-11-17)32-31-18-12-8-5-9-13-18/h4-15,23,28H,1-3H3/b29-22-/t23-/m0/s1. The highest BCUT2D eigenvalue weighted by Crippen LogP contribution is 2.45. The van der Waals surface area contributed by atoms with Gasteiger partial charge in [-0.3, -0.25) is 5.43 Å². The summed E-state index contributed by atoms with van der Waals surface area (Å²) in [4.78, 5) is 2.37. The summed E-state index contributed by atoms with van der Waals surface area (Å²) in [6.45, 7) is 6.47.